The zero-order valence-electron chi connectivity index (χ0n) is 34.8. The van der Waals surface area contributed by atoms with Gasteiger partial charge in [0.2, 0.25) is 17.7 Å². The molecule has 2 aliphatic heterocycles. The van der Waals surface area contributed by atoms with Gasteiger partial charge >= 0.3 is 0 Å². The van der Waals surface area contributed by atoms with Gasteiger partial charge < -0.3 is 14.7 Å². The van der Waals surface area contributed by atoms with Crippen LogP contribution in [-0.2, 0) is 15.0 Å². The van der Waals surface area contributed by atoms with E-state index in [2.05, 4.69) is 101 Å². The van der Waals surface area contributed by atoms with Gasteiger partial charge in [-0.2, -0.15) is 10.1 Å². The van der Waals surface area contributed by atoms with E-state index in [1.807, 2.05) is 52.9 Å². The van der Waals surface area contributed by atoms with E-state index in [9.17, 15) is 14.4 Å². The van der Waals surface area contributed by atoms with Gasteiger partial charge in [-0.05, 0) is 91.1 Å². The van der Waals surface area contributed by atoms with Crippen molar-refractivity contribution in [3.05, 3.63) is 113 Å². The van der Waals surface area contributed by atoms with E-state index in [1.54, 1.807) is 0 Å². The lowest BCUT2D eigenvalue weighted by Gasteiger charge is -2.47. The van der Waals surface area contributed by atoms with Gasteiger partial charge in [0, 0.05) is 72.5 Å². The Morgan fingerprint density at radius 1 is 0.900 bits per heavy atom. The van der Waals surface area contributed by atoms with Crippen molar-refractivity contribution in [3.8, 4) is 22.4 Å². The Hall–Kier alpha value is -6.21. The van der Waals surface area contributed by atoms with E-state index in [-0.39, 0.29) is 40.9 Å². The van der Waals surface area contributed by atoms with Crippen LogP contribution >= 0.6 is 0 Å². The predicted molar refractivity (Wildman–Crippen MR) is 229 cm³/mol. The van der Waals surface area contributed by atoms with E-state index < -0.39 is 0 Å². The van der Waals surface area contributed by atoms with Gasteiger partial charge in [0.25, 0.3) is 11.7 Å². The summed E-state index contributed by atoms with van der Waals surface area (Å²) < 4.78 is 5.31. The van der Waals surface area contributed by atoms with E-state index in [0.717, 1.165) is 89.1 Å². The lowest BCUT2D eigenvalue weighted by Crippen LogP contribution is -2.53. The molecule has 2 saturated heterocycles. The number of pyridine rings is 1. The number of hydrogen-bond acceptors (Lipinski definition) is 10. The number of anilines is 1. The van der Waals surface area contributed by atoms with Crippen molar-refractivity contribution in [2.75, 3.05) is 31.1 Å². The number of amides is 3. The first-order chi connectivity index (χ1) is 28.9. The number of aryl methyl sites for hydroxylation is 1. The molecule has 1 aliphatic carbocycles. The molecule has 3 amide bonds. The fourth-order valence-electron chi connectivity index (χ4n) is 8.93. The Bertz CT molecular complexity index is 2560. The Labute approximate surface area is 349 Å². The molecule has 6 aromatic rings. The average molecular weight is 806 g/mol. The summed E-state index contributed by atoms with van der Waals surface area (Å²) >= 11 is 0. The molecule has 308 valence electrons. The van der Waals surface area contributed by atoms with Gasteiger partial charge in [-0.15, -0.1) is 0 Å². The number of nitrogens with one attached hydrogen (secondary N) is 3. The van der Waals surface area contributed by atoms with Gasteiger partial charge in [-0.25, -0.2) is 4.98 Å². The lowest BCUT2D eigenvalue weighted by molar-refractivity contribution is -0.134. The molecule has 9 rings (SSSR count). The summed E-state index contributed by atoms with van der Waals surface area (Å²) in [6.07, 6.45) is 5.20. The van der Waals surface area contributed by atoms with Crippen molar-refractivity contribution in [2.24, 2.45) is 0 Å². The number of fused-ring (bicyclic) bond motifs is 1. The molecule has 2 atom stereocenters. The fraction of sp³-hybridized carbons (Fsp3) is 0.383. The SMILES string of the molecule is Cc1cc(-c2n[nH]c3ncc(-c4ccc(N5CCN([C@H]6C[C@H](c7ccc([C@@H]8CCC(=O)NC8=O)cc7)C6)CC5)cc4)cc23)ccc1[C@@H](C)NC(=O)c1noc(C(C)(C)C)n1. The summed E-state index contributed by atoms with van der Waals surface area (Å²) in [5, 5.41) is 18.1. The van der Waals surface area contributed by atoms with E-state index in [1.165, 1.54) is 11.3 Å². The molecular weight excluding hydrogens is 755 g/mol. The fourth-order valence-corrected chi connectivity index (χ4v) is 8.93. The Kier molecular flexibility index (Phi) is 10.3. The molecule has 1 saturated carbocycles. The molecule has 3 N–H and O–H groups in total. The van der Waals surface area contributed by atoms with E-state index >= 15 is 0 Å². The zero-order valence-corrected chi connectivity index (χ0v) is 34.8. The van der Waals surface area contributed by atoms with Gasteiger partial charge in [-0.3, -0.25) is 29.7 Å². The van der Waals surface area contributed by atoms with Gasteiger partial charge in [0.1, 0.15) is 5.69 Å². The van der Waals surface area contributed by atoms with Crippen molar-refractivity contribution in [3.63, 3.8) is 0 Å². The number of hydrogen-bond donors (Lipinski definition) is 3. The van der Waals surface area contributed by atoms with Crippen molar-refractivity contribution >= 4 is 34.4 Å². The van der Waals surface area contributed by atoms with Crippen LogP contribution in [0.1, 0.15) is 110 Å². The minimum atomic E-state index is -0.383. The number of carbonyl (C=O) groups is 3. The molecule has 3 fully saturated rings. The lowest BCUT2D eigenvalue weighted by atomic mass is 9.74. The molecule has 3 aromatic carbocycles. The molecule has 0 spiro atoms. The average Bonchev–Trinajstić information content (AvgIpc) is 3.90. The van der Waals surface area contributed by atoms with Crippen LogP contribution in [0.4, 0.5) is 5.69 Å². The predicted octanol–water partition coefficient (Wildman–Crippen LogP) is 7.36. The number of imide groups is 1. The van der Waals surface area contributed by atoms with Gasteiger partial charge in [0.15, 0.2) is 5.65 Å². The third-order valence-corrected chi connectivity index (χ3v) is 12.6. The topological polar surface area (TPSA) is 162 Å². The van der Waals surface area contributed by atoms with Gasteiger partial charge in [-0.1, -0.05) is 74.5 Å². The van der Waals surface area contributed by atoms with Crippen LogP contribution in [0.25, 0.3) is 33.4 Å². The molecule has 13 heteroatoms. The molecule has 5 heterocycles. The summed E-state index contributed by atoms with van der Waals surface area (Å²) in [6, 6.07) is 25.9. The molecule has 0 bridgehead atoms. The van der Waals surface area contributed by atoms with Crippen LogP contribution in [0.3, 0.4) is 0 Å². The minimum Gasteiger partial charge on any atom is -0.369 e. The maximum atomic E-state index is 12.9. The zero-order chi connectivity index (χ0) is 41.7. The second kappa shape index (κ2) is 15.8. The van der Waals surface area contributed by atoms with Crippen molar-refractivity contribution in [1.29, 1.82) is 0 Å². The van der Waals surface area contributed by atoms with E-state index in [0.29, 0.717) is 30.7 Å². The Morgan fingerprint density at radius 2 is 1.62 bits per heavy atom. The normalized spacial score (nSPS) is 20.5. The highest BCUT2D eigenvalue weighted by Crippen LogP contribution is 2.41. The van der Waals surface area contributed by atoms with Crippen molar-refractivity contribution < 1.29 is 18.9 Å². The van der Waals surface area contributed by atoms with E-state index in [4.69, 9.17) is 9.51 Å². The maximum absolute atomic E-state index is 12.9. The molecule has 3 aromatic heterocycles. The highest BCUT2D eigenvalue weighted by Gasteiger charge is 2.36. The second-order valence-corrected chi connectivity index (χ2v) is 17.7. The number of carbonyl (C=O) groups excluding carboxylic acids is 3. The number of rotatable bonds is 9. The molecular formula is C47H51N9O4. The van der Waals surface area contributed by atoms with Crippen LogP contribution in [-0.4, -0.2) is 80.2 Å². The molecule has 13 nitrogen and oxygen atoms in total. The largest absolute Gasteiger partial charge is 0.369 e. The highest BCUT2D eigenvalue weighted by molar-refractivity contribution is 6.01. The second-order valence-electron chi connectivity index (χ2n) is 17.7. The number of piperidine rings is 1. The number of benzene rings is 3. The highest BCUT2D eigenvalue weighted by atomic mass is 16.5. The number of aromatic nitrogens is 5. The standard InChI is InChI=1S/C47H51N9O4/c1-27-22-32(12-15-37(27)28(2)49-45(59)43-51-46(60-54-43)47(3,4)5)41-39-25-34(26-48-42(39)53-52-41)30-10-13-35(14-11-30)55-18-20-56(21-19-55)36-23-33(24-36)29-6-8-31(9-7-29)38-16-17-40(57)50-44(38)58/h6-15,22,25-26,28,33,36,38H,16-21,23-24H2,1-5H3,(H,49,59)(H,48,52,53)(H,50,57,58)/t28-,33-,36-,38+/m1/s1. The molecule has 60 heavy (non-hydrogen) atoms. The van der Waals surface area contributed by atoms with Crippen LogP contribution in [0.2, 0.25) is 0 Å². The van der Waals surface area contributed by atoms with Gasteiger partial charge in [0.05, 0.1) is 12.0 Å². The monoisotopic (exact) mass is 805 g/mol. The minimum absolute atomic E-state index is 0.0231. The van der Waals surface area contributed by atoms with Crippen molar-refractivity contribution in [1.82, 2.24) is 40.9 Å². The molecule has 0 unspecified atom stereocenters. The van der Waals surface area contributed by atoms with Crippen LogP contribution in [0.5, 0.6) is 0 Å². The summed E-state index contributed by atoms with van der Waals surface area (Å²) in [5.74, 6) is 0.0240. The summed E-state index contributed by atoms with van der Waals surface area (Å²) in [7, 11) is 0. The Balaban J connectivity index is 0.794. The quantitative estimate of drug-likeness (QED) is 0.126. The third kappa shape index (κ3) is 7.81. The number of aromatic amines is 1. The Morgan fingerprint density at radius 3 is 2.30 bits per heavy atom. The number of nitrogens with zero attached hydrogens (tertiary/aromatic N) is 6. The smallest absolute Gasteiger partial charge is 0.293 e. The molecule has 0 radical (unpaired) electrons. The first-order valence-electron chi connectivity index (χ1n) is 21.0. The maximum Gasteiger partial charge on any atom is 0.293 e. The summed E-state index contributed by atoms with van der Waals surface area (Å²) in [4.78, 5) is 50.9. The third-order valence-electron chi connectivity index (χ3n) is 12.6. The van der Waals surface area contributed by atoms with Crippen LogP contribution in [0.15, 0.2) is 83.5 Å². The summed E-state index contributed by atoms with van der Waals surface area (Å²) in [5.41, 5.74) is 9.85. The summed E-state index contributed by atoms with van der Waals surface area (Å²) in [6.45, 7) is 13.9. The van der Waals surface area contributed by atoms with Crippen LogP contribution in [0, 0.1) is 6.92 Å². The first kappa shape index (κ1) is 39.3. The van der Waals surface area contributed by atoms with Crippen LogP contribution < -0.4 is 15.5 Å². The van der Waals surface area contributed by atoms with Crippen molar-refractivity contribution in [2.45, 2.75) is 89.6 Å². The molecule has 3 aliphatic rings. The number of H-pyrrole nitrogens is 1. The first-order valence-corrected chi connectivity index (χ1v) is 21.0. The number of piperazine rings is 1.